The highest BCUT2D eigenvalue weighted by molar-refractivity contribution is 5.79. The number of aromatic nitrogens is 1. The number of nitrogens with zero attached hydrogens (tertiary/aromatic N) is 1. The van der Waals surface area contributed by atoms with Crippen LogP contribution in [-0.4, -0.2) is 17.4 Å². The van der Waals surface area contributed by atoms with Gasteiger partial charge in [-0.1, -0.05) is 47.1 Å². The molecular weight excluding hydrogens is 272 g/mol. The van der Waals surface area contributed by atoms with Gasteiger partial charge in [-0.25, -0.2) is 0 Å². The minimum Gasteiger partial charge on any atom is -0.355 e. The summed E-state index contributed by atoms with van der Waals surface area (Å²) in [4.78, 5) is 16.9. The van der Waals surface area contributed by atoms with Crippen LogP contribution in [0.2, 0.25) is 0 Å². The van der Waals surface area contributed by atoms with Crippen LogP contribution in [0.5, 0.6) is 0 Å². The average Bonchev–Trinajstić information content (AvgIpc) is 2.47. The maximum Gasteiger partial charge on any atom is 0.223 e. The Morgan fingerprint density at radius 3 is 2.45 bits per heavy atom. The molecule has 0 fully saturated rings. The van der Waals surface area contributed by atoms with E-state index in [0.29, 0.717) is 24.3 Å². The van der Waals surface area contributed by atoms with E-state index >= 15 is 0 Å². The van der Waals surface area contributed by atoms with Crippen LogP contribution < -0.4 is 5.32 Å². The fourth-order valence-electron chi connectivity index (χ4n) is 3.20. The number of hydrogen-bond acceptors (Lipinski definition) is 2. The number of rotatable bonds is 9. The minimum atomic E-state index is 0.119. The first-order valence-corrected chi connectivity index (χ1v) is 8.63. The van der Waals surface area contributed by atoms with Crippen molar-refractivity contribution in [1.29, 1.82) is 0 Å². The molecule has 22 heavy (non-hydrogen) atoms. The number of pyridine rings is 1. The number of amides is 1. The Morgan fingerprint density at radius 1 is 1.23 bits per heavy atom. The van der Waals surface area contributed by atoms with Gasteiger partial charge in [-0.05, 0) is 36.3 Å². The molecule has 1 rings (SSSR count). The lowest BCUT2D eigenvalue weighted by Crippen LogP contribution is -2.38. The average molecular weight is 304 g/mol. The highest BCUT2D eigenvalue weighted by Gasteiger charge is 2.29. The van der Waals surface area contributed by atoms with Crippen LogP contribution in [0.15, 0.2) is 24.4 Å². The molecule has 0 aromatic carbocycles. The monoisotopic (exact) mass is 304 g/mol. The minimum absolute atomic E-state index is 0.119. The number of nitrogens with one attached hydrogen (secondary N) is 1. The summed E-state index contributed by atoms with van der Waals surface area (Å²) in [7, 11) is 0. The molecule has 0 spiro atoms. The third-order valence-corrected chi connectivity index (χ3v) is 4.31. The van der Waals surface area contributed by atoms with Crippen molar-refractivity contribution in [1.82, 2.24) is 10.3 Å². The smallest absolute Gasteiger partial charge is 0.223 e. The highest BCUT2D eigenvalue weighted by atomic mass is 16.1. The molecule has 0 aliphatic rings. The van der Waals surface area contributed by atoms with Crippen LogP contribution in [-0.2, 0) is 11.2 Å². The maximum absolute atomic E-state index is 12.6. The van der Waals surface area contributed by atoms with Crippen molar-refractivity contribution < 1.29 is 4.79 Å². The van der Waals surface area contributed by atoms with Gasteiger partial charge in [0.15, 0.2) is 0 Å². The Labute approximate surface area is 135 Å². The van der Waals surface area contributed by atoms with E-state index in [9.17, 15) is 4.79 Å². The molecule has 2 atom stereocenters. The summed E-state index contributed by atoms with van der Waals surface area (Å²) < 4.78 is 0. The van der Waals surface area contributed by atoms with E-state index in [0.717, 1.165) is 25.0 Å². The van der Waals surface area contributed by atoms with E-state index in [1.807, 2.05) is 18.2 Å². The standard InChI is InChI=1S/C19H32N2O/c1-6-17(15(4)5)18(13-14(2)3)19(22)21-12-10-16-9-7-8-11-20-16/h7-9,11,14-15,17-18H,6,10,12-13H2,1-5H3,(H,21,22)/t17-,18?/m0/s1. The SMILES string of the molecule is CC[C@@H](C(C)C)C(CC(C)C)C(=O)NCCc1ccccn1. The predicted octanol–water partition coefficient (Wildman–Crippen LogP) is 4.08. The predicted molar refractivity (Wildman–Crippen MR) is 92.5 cm³/mol. The number of carbonyl (C=O) groups is 1. The molecule has 1 amide bonds. The van der Waals surface area contributed by atoms with Gasteiger partial charge >= 0.3 is 0 Å². The van der Waals surface area contributed by atoms with Gasteiger partial charge in [0.05, 0.1) is 0 Å². The summed E-state index contributed by atoms with van der Waals surface area (Å²) in [6, 6.07) is 5.90. The molecule has 0 aliphatic carbocycles. The van der Waals surface area contributed by atoms with E-state index in [1.165, 1.54) is 0 Å². The number of hydrogen-bond donors (Lipinski definition) is 1. The molecule has 1 aromatic heterocycles. The molecule has 0 saturated carbocycles. The molecule has 0 saturated heterocycles. The molecule has 1 aromatic rings. The maximum atomic E-state index is 12.6. The molecule has 3 nitrogen and oxygen atoms in total. The third kappa shape index (κ3) is 6.17. The summed E-state index contributed by atoms with van der Waals surface area (Å²) in [6.07, 6.45) is 4.61. The summed E-state index contributed by atoms with van der Waals surface area (Å²) in [5, 5.41) is 3.13. The summed E-state index contributed by atoms with van der Waals surface area (Å²) >= 11 is 0. The molecular formula is C19H32N2O. The number of carbonyl (C=O) groups excluding carboxylic acids is 1. The van der Waals surface area contributed by atoms with Crippen molar-refractivity contribution in [2.24, 2.45) is 23.7 Å². The van der Waals surface area contributed by atoms with Crippen LogP contribution in [0.3, 0.4) is 0 Å². The van der Waals surface area contributed by atoms with E-state index in [2.05, 4.69) is 44.9 Å². The van der Waals surface area contributed by atoms with Crippen LogP contribution in [0.4, 0.5) is 0 Å². The van der Waals surface area contributed by atoms with Gasteiger partial charge in [0.25, 0.3) is 0 Å². The zero-order valence-corrected chi connectivity index (χ0v) is 14.8. The lowest BCUT2D eigenvalue weighted by Gasteiger charge is -2.29. The van der Waals surface area contributed by atoms with Crippen LogP contribution in [0, 0.1) is 23.7 Å². The second-order valence-corrected chi connectivity index (χ2v) is 6.91. The first kappa shape index (κ1) is 18.7. The van der Waals surface area contributed by atoms with Gasteiger partial charge in [0.1, 0.15) is 0 Å². The van der Waals surface area contributed by atoms with Gasteiger partial charge in [0, 0.05) is 30.8 Å². The van der Waals surface area contributed by atoms with E-state index in [-0.39, 0.29) is 11.8 Å². The Balaban J connectivity index is 2.59. The normalized spacial score (nSPS) is 14.1. The summed E-state index contributed by atoms with van der Waals surface area (Å²) in [5.41, 5.74) is 1.03. The second-order valence-electron chi connectivity index (χ2n) is 6.91. The quantitative estimate of drug-likeness (QED) is 0.747. The highest BCUT2D eigenvalue weighted by Crippen LogP contribution is 2.29. The zero-order valence-electron chi connectivity index (χ0n) is 14.8. The molecule has 0 aliphatic heterocycles. The Morgan fingerprint density at radius 2 is 1.95 bits per heavy atom. The van der Waals surface area contributed by atoms with Crippen molar-refractivity contribution in [3.8, 4) is 0 Å². The van der Waals surface area contributed by atoms with Crippen molar-refractivity contribution in [3.63, 3.8) is 0 Å². The van der Waals surface area contributed by atoms with Gasteiger partial charge in [-0.3, -0.25) is 9.78 Å². The summed E-state index contributed by atoms with van der Waals surface area (Å²) in [6.45, 7) is 11.7. The zero-order chi connectivity index (χ0) is 16.5. The molecule has 0 bridgehead atoms. The molecule has 1 N–H and O–H groups in total. The lowest BCUT2D eigenvalue weighted by atomic mass is 9.77. The van der Waals surface area contributed by atoms with Crippen LogP contribution >= 0.6 is 0 Å². The van der Waals surface area contributed by atoms with Crippen molar-refractivity contribution in [2.45, 2.75) is 53.9 Å². The van der Waals surface area contributed by atoms with Gasteiger partial charge in [-0.2, -0.15) is 0 Å². The van der Waals surface area contributed by atoms with Crippen LogP contribution in [0.1, 0.15) is 53.2 Å². The lowest BCUT2D eigenvalue weighted by molar-refractivity contribution is -0.128. The van der Waals surface area contributed by atoms with Crippen molar-refractivity contribution >= 4 is 5.91 Å². The first-order valence-electron chi connectivity index (χ1n) is 8.63. The molecule has 1 unspecified atom stereocenters. The van der Waals surface area contributed by atoms with E-state index in [1.54, 1.807) is 6.20 Å². The van der Waals surface area contributed by atoms with Gasteiger partial charge < -0.3 is 5.32 Å². The molecule has 124 valence electrons. The second kappa shape index (κ2) is 9.60. The Kier molecular flexibility index (Phi) is 8.15. The Bertz CT molecular complexity index is 428. The third-order valence-electron chi connectivity index (χ3n) is 4.31. The topological polar surface area (TPSA) is 42.0 Å². The molecule has 1 heterocycles. The fraction of sp³-hybridized carbons (Fsp3) is 0.684. The van der Waals surface area contributed by atoms with Crippen molar-refractivity contribution in [3.05, 3.63) is 30.1 Å². The van der Waals surface area contributed by atoms with Gasteiger partial charge in [-0.15, -0.1) is 0 Å². The summed E-state index contributed by atoms with van der Waals surface area (Å²) in [5.74, 6) is 1.87. The van der Waals surface area contributed by atoms with E-state index < -0.39 is 0 Å². The van der Waals surface area contributed by atoms with Crippen LogP contribution in [0.25, 0.3) is 0 Å². The fourth-order valence-corrected chi connectivity index (χ4v) is 3.20. The largest absolute Gasteiger partial charge is 0.355 e. The van der Waals surface area contributed by atoms with Crippen molar-refractivity contribution in [2.75, 3.05) is 6.54 Å². The molecule has 3 heteroatoms. The Hall–Kier alpha value is -1.38. The van der Waals surface area contributed by atoms with E-state index in [4.69, 9.17) is 0 Å². The molecule has 0 radical (unpaired) electrons. The first-order chi connectivity index (χ1) is 10.5. The van der Waals surface area contributed by atoms with Gasteiger partial charge in [0.2, 0.25) is 5.91 Å².